The number of hydrogen-bond donors (Lipinski definition) is 2. The first-order chi connectivity index (χ1) is 15.5. The second kappa shape index (κ2) is 8.87. The molecule has 10 nitrogen and oxygen atoms in total. The van der Waals surface area contributed by atoms with Crippen LogP contribution in [0.2, 0.25) is 10.0 Å². The summed E-state index contributed by atoms with van der Waals surface area (Å²) in [6, 6.07) is 9.15. The molecule has 0 unspecified atom stereocenters. The number of hydrogen-bond acceptors (Lipinski definition) is 8. The van der Waals surface area contributed by atoms with Gasteiger partial charge in [-0.15, -0.1) is 0 Å². The SMILES string of the molecule is O=S(=O)(O)c1ccccc1S(=O)(=O)c1ccc(S(=O)(=O)c2c(Cl)cccc2Cl)cc1S(=O)(=O)O. The van der Waals surface area contributed by atoms with Gasteiger partial charge >= 0.3 is 0 Å². The average Bonchev–Trinajstić information content (AvgIpc) is 2.71. The number of sulfone groups is 2. The third-order valence-electron chi connectivity index (χ3n) is 4.40. The van der Waals surface area contributed by atoms with Gasteiger partial charge < -0.3 is 0 Å². The van der Waals surface area contributed by atoms with Gasteiger partial charge in [0.2, 0.25) is 19.7 Å². The lowest BCUT2D eigenvalue weighted by Crippen LogP contribution is -2.14. The lowest BCUT2D eigenvalue weighted by Gasteiger charge is -2.14. The van der Waals surface area contributed by atoms with Crippen molar-refractivity contribution in [1.82, 2.24) is 0 Å². The van der Waals surface area contributed by atoms with Crippen LogP contribution in [-0.2, 0) is 39.9 Å². The molecule has 0 amide bonds. The molecule has 0 atom stereocenters. The molecule has 0 heterocycles. The van der Waals surface area contributed by atoms with Crippen LogP contribution in [0.5, 0.6) is 0 Å². The molecule has 0 spiro atoms. The Balaban J connectivity index is 2.36. The van der Waals surface area contributed by atoms with E-state index in [1.165, 1.54) is 18.2 Å². The van der Waals surface area contributed by atoms with E-state index in [0.29, 0.717) is 18.2 Å². The first kappa shape index (κ1) is 26.6. The summed E-state index contributed by atoms with van der Waals surface area (Å²) in [4.78, 5) is -5.94. The van der Waals surface area contributed by atoms with E-state index < -0.39 is 69.3 Å². The van der Waals surface area contributed by atoms with Crippen LogP contribution in [0.1, 0.15) is 0 Å². The highest BCUT2D eigenvalue weighted by Crippen LogP contribution is 2.37. The molecule has 16 heteroatoms. The second-order valence-corrected chi connectivity index (χ2v) is 13.9. The van der Waals surface area contributed by atoms with E-state index >= 15 is 0 Å². The average molecular weight is 587 g/mol. The summed E-state index contributed by atoms with van der Waals surface area (Å²) in [6.45, 7) is 0. The highest BCUT2D eigenvalue weighted by atomic mass is 35.5. The van der Waals surface area contributed by atoms with Gasteiger partial charge in [0.1, 0.15) is 14.7 Å². The van der Waals surface area contributed by atoms with Crippen LogP contribution in [0.4, 0.5) is 0 Å². The summed E-state index contributed by atoms with van der Waals surface area (Å²) in [5.41, 5.74) is 0. The van der Waals surface area contributed by atoms with Gasteiger partial charge in [-0.25, -0.2) is 16.8 Å². The van der Waals surface area contributed by atoms with Crippen molar-refractivity contribution in [2.45, 2.75) is 29.4 Å². The van der Waals surface area contributed by atoms with E-state index in [2.05, 4.69) is 0 Å². The molecule has 0 saturated heterocycles. The molecule has 0 aromatic heterocycles. The van der Waals surface area contributed by atoms with E-state index in [1.807, 2.05) is 0 Å². The maximum Gasteiger partial charge on any atom is 0.295 e. The van der Waals surface area contributed by atoms with Gasteiger partial charge in [-0.2, -0.15) is 16.8 Å². The van der Waals surface area contributed by atoms with Crippen molar-refractivity contribution >= 4 is 63.1 Å². The molecule has 34 heavy (non-hydrogen) atoms. The predicted octanol–water partition coefficient (Wildman–Crippen LogP) is 3.15. The Bertz CT molecular complexity index is 1730. The maximum atomic E-state index is 13.2. The van der Waals surface area contributed by atoms with Crippen LogP contribution in [0.25, 0.3) is 0 Å². The summed E-state index contributed by atoms with van der Waals surface area (Å²) in [5.74, 6) is 0. The zero-order chi connectivity index (χ0) is 25.7. The first-order valence-corrected chi connectivity index (χ1v) is 15.2. The molecule has 3 aromatic rings. The third-order valence-corrected chi connectivity index (χ3v) is 11.0. The van der Waals surface area contributed by atoms with Gasteiger partial charge in [0.15, 0.2) is 0 Å². The van der Waals surface area contributed by atoms with Crippen molar-refractivity contribution in [2.75, 3.05) is 0 Å². The van der Waals surface area contributed by atoms with Crippen LogP contribution in [-0.4, -0.2) is 42.8 Å². The minimum absolute atomic E-state index is 0.306. The molecule has 0 aliphatic heterocycles. The predicted molar refractivity (Wildman–Crippen MR) is 120 cm³/mol. The van der Waals surface area contributed by atoms with Crippen molar-refractivity contribution in [3.8, 4) is 0 Å². The molecule has 0 radical (unpaired) electrons. The fourth-order valence-electron chi connectivity index (χ4n) is 2.94. The zero-order valence-electron chi connectivity index (χ0n) is 16.3. The summed E-state index contributed by atoms with van der Waals surface area (Å²) >= 11 is 11.9. The normalized spacial score (nSPS) is 13.1. The van der Waals surface area contributed by atoms with Gasteiger partial charge in [-0.05, 0) is 42.5 Å². The number of halogens is 2. The monoisotopic (exact) mass is 586 g/mol. The molecule has 3 rings (SSSR count). The van der Waals surface area contributed by atoms with Gasteiger partial charge in [-0.1, -0.05) is 41.4 Å². The highest BCUT2D eigenvalue weighted by molar-refractivity contribution is 7.94. The van der Waals surface area contributed by atoms with E-state index in [1.54, 1.807) is 0 Å². The van der Waals surface area contributed by atoms with E-state index in [0.717, 1.165) is 24.3 Å². The van der Waals surface area contributed by atoms with Crippen LogP contribution in [0, 0.1) is 0 Å². The van der Waals surface area contributed by atoms with Crippen molar-refractivity contribution < 1.29 is 42.8 Å². The topological polar surface area (TPSA) is 177 Å². The zero-order valence-corrected chi connectivity index (χ0v) is 21.1. The smallest absolute Gasteiger partial charge is 0.282 e. The Morgan fingerprint density at radius 3 is 1.50 bits per heavy atom. The fourth-order valence-corrected chi connectivity index (χ4v) is 9.29. The lowest BCUT2D eigenvalue weighted by molar-refractivity contribution is 0.479. The van der Waals surface area contributed by atoms with Crippen LogP contribution < -0.4 is 0 Å². The minimum Gasteiger partial charge on any atom is -0.282 e. The molecule has 182 valence electrons. The van der Waals surface area contributed by atoms with Crippen LogP contribution in [0.3, 0.4) is 0 Å². The van der Waals surface area contributed by atoms with Gasteiger partial charge in [0.05, 0.1) is 24.7 Å². The van der Waals surface area contributed by atoms with Crippen molar-refractivity contribution in [3.63, 3.8) is 0 Å². The molecule has 2 N–H and O–H groups in total. The second-order valence-electron chi connectivity index (χ2n) is 6.56. The van der Waals surface area contributed by atoms with Gasteiger partial charge in [0, 0.05) is 0 Å². The Morgan fingerprint density at radius 1 is 0.529 bits per heavy atom. The quantitative estimate of drug-likeness (QED) is 0.407. The summed E-state index contributed by atoms with van der Waals surface area (Å²) < 4.78 is 119. The van der Waals surface area contributed by atoms with Crippen molar-refractivity contribution in [1.29, 1.82) is 0 Å². The maximum absolute atomic E-state index is 13.2. The largest absolute Gasteiger partial charge is 0.295 e. The Morgan fingerprint density at radius 2 is 1.00 bits per heavy atom. The number of rotatable bonds is 6. The molecular formula is C18H12Cl2O10S4. The van der Waals surface area contributed by atoms with Crippen molar-refractivity contribution in [3.05, 3.63) is 70.7 Å². The first-order valence-electron chi connectivity index (χ1n) is 8.61. The van der Waals surface area contributed by atoms with E-state index in [4.69, 9.17) is 23.2 Å². The molecule has 0 aliphatic carbocycles. The fraction of sp³-hybridized carbons (Fsp3) is 0. The Kier molecular flexibility index (Phi) is 6.93. The Labute approximate surface area is 205 Å². The molecule has 0 saturated carbocycles. The summed E-state index contributed by atoms with van der Waals surface area (Å²) in [7, 11) is -20.1. The standard InChI is InChI=1S/C18H12Cl2O10S4/c19-12-4-3-5-13(20)18(12)31(21,22)11-8-9-15(17(10-11)34(28,29)30)32(23,24)14-6-1-2-7-16(14)33(25,26)27/h1-10H,(H,25,26,27)(H,28,29,30). The van der Waals surface area contributed by atoms with E-state index in [-0.39, 0.29) is 10.0 Å². The summed E-state index contributed by atoms with van der Waals surface area (Å²) in [6.07, 6.45) is 0. The third kappa shape index (κ3) is 4.85. The highest BCUT2D eigenvalue weighted by Gasteiger charge is 2.34. The summed E-state index contributed by atoms with van der Waals surface area (Å²) in [5, 5.41) is -0.612. The molecule has 3 aromatic carbocycles. The lowest BCUT2D eigenvalue weighted by atomic mass is 10.3. The van der Waals surface area contributed by atoms with Crippen LogP contribution >= 0.6 is 23.2 Å². The van der Waals surface area contributed by atoms with Crippen molar-refractivity contribution in [2.24, 2.45) is 0 Å². The van der Waals surface area contributed by atoms with Crippen LogP contribution in [0.15, 0.2) is 90.0 Å². The number of benzene rings is 3. The van der Waals surface area contributed by atoms with E-state index in [9.17, 15) is 42.8 Å². The van der Waals surface area contributed by atoms with Gasteiger partial charge in [-0.3, -0.25) is 9.11 Å². The molecular weight excluding hydrogens is 575 g/mol. The Hall–Kier alpha value is -2.04. The molecule has 0 fully saturated rings. The van der Waals surface area contributed by atoms with Gasteiger partial charge in [0.25, 0.3) is 20.2 Å². The molecule has 0 bridgehead atoms. The minimum atomic E-state index is -5.38. The molecule has 0 aliphatic rings.